The van der Waals surface area contributed by atoms with E-state index in [1.165, 1.54) is 12.8 Å². The van der Waals surface area contributed by atoms with Gasteiger partial charge in [-0.3, -0.25) is 20.4 Å². The topological polar surface area (TPSA) is 91.5 Å². The van der Waals surface area contributed by atoms with Crippen molar-refractivity contribution in [2.75, 3.05) is 13.2 Å². The number of hydrogen-bond acceptors (Lipinski definition) is 4. The van der Waals surface area contributed by atoms with Crippen molar-refractivity contribution in [2.45, 2.75) is 38.6 Å². The van der Waals surface area contributed by atoms with Crippen LogP contribution in [0.25, 0.3) is 0 Å². The largest absolute Gasteiger partial charge is 0.494 e. The number of carbonyl (C=O) groups excluding carboxylic acids is 2. The van der Waals surface area contributed by atoms with Crippen LogP contribution in [-0.4, -0.2) is 36.1 Å². The third-order valence-electron chi connectivity index (χ3n) is 3.84. The number of rotatable bonds is 6. The normalized spacial score (nSPS) is 13.8. The number of nitrogens with one attached hydrogen (secondary N) is 4. The van der Waals surface area contributed by atoms with E-state index in [4.69, 9.17) is 17.0 Å². The average molecular weight is 364 g/mol. The number of amides is 2. The molecule has 0 saturated heterocycles. The van der Waals surface area contributed by atoms with Crippen LogP contribution in [0.5, 0.6) is 5.75 Å². The lowest BCUT2D eigenvalue weighted by Gasteiger charge is -2.16. The molecule has 1 aliphatic rings. The van der Waals surface area contributed by atoms with E-state index in [-0.39, 0.29) is 18.4 Å². The Kier molecular flexibility index (Phi) is 7.46. The van der Waals surface area contributed by atoms with Crippen molar-refractivity contribution in [1.29, 1.82) is 0 Å². The minimum Gasteiger partial charge on any atom is -0.494 e. The summed E-state index contributed by atoms with van der Waals surface area (Å²) in [5, 5.41) is 6.09. The second-order valence-electron chi connectivity index (χ2n) is 5.77. The Morgan fingerprint density at radius 3 is 2.48 bits per heavy atom. The summed E-state index contributed by atoms with van der Waals surface area (Å²) in [5.74, 6) is -0.0102. The lowest BCUT2D eigenvalue weighted by molar-refractivity contribution is -0.120. The highest BCUT2D eigenvalue weighted by Gasteiger charge is 2.15. The van der Waals surface area contributed by atoms with E-state index in [1.807, 2.05) is 6.92 Å². The molecule has 1 fully saturated rings. The molecule has 0 unspecified atom stereocenters. The highest BCUT2D eigenvalue weighted by Crippen LogP contribution is 2.17. The summed E-state index contributed by atoms with van der Waals surface area (Å²) in [5.41, 5.74) is 5.57. The van der Waals surface area contributed by atoms with Crippen LogP contribution >= 0.6 is 12.2 Å². The second kappa shape index (κ2) is 9.83. The molecule has 0 spiro atoms. The predicted molar refractivity (Wildman–Crippen MR) is 99.2 cm³/mol. The van der Waals surface area contributed by atoms with Gasteiger partial charge in [-0.05, 0) is 56.2 Å². The zero-order valence-corrected chi connectivity index (χ0v) is 15.1. The monoisotopic (exact) mass is 364 g/mol. The van der Waals surface area contributed by atoms with E-state index in [0.29, 0.717) is 29.1 Å². The fraction of sp³-hybridized carbons (Fsp3) is 0.471. The SMILES string of the molecule is CCOc1ccc(C(=O)NCC(=O)NNC(=S)NC2CCCC2)cc1. The van der Waals surface area contributed by atoms with Crippen molar-refractivity contribution in [1.82, 2.24) is 21.5 Å². The molecular weight excluding hydrogens is 340 g/mol. The molecule has 1 aromatic carbocycles. The molecule has 0 radical (unpaired) electrons. The number of carbonyl (C=O) groups is 2. The van der Waals surface area contributed by atoms with Gasteiger partial charge in [0.1, 0.15) is 5.75 Å². The second-order valence-corrected chi connectivity index (χ2v) is 6.18. The standard InChI is InChI=1S/C17H24N4O3S/c1-2-24-14-9-7-12(8-10-14)16(23)18-11-15(22)20-21-17(25)19-13-5-3-4-6-13/h7-10,13H,2-6,11H2,1H3,(H,18,23)(H,20,22)(H2,19,21,25). The number of hydrogen-bond donors (Lipinski definition) is 4. The summed E-state index contributed by atoms with van der Waals surface area (Å²) in [4.78, 5) is 23.8. The molecule has 0 aromatic heterocycles. The lowest BCUT2D eigenvalue weighted by Crippen LogP contribution is -2.51. The van der Waals surface area contributed by atoms with Gasteiger partial charge in [0, 0.05) is 11.6 Å². The van der Waals surface area contributed by atoms with Gasteiger partial charge in [0.05, 0.1) is 13.2 Å². The molecule has 0 bridgehead atoms. The van der Waals surface area contributed by atoms with Gasteiger partial charge >= 0.3 is 0 Å². The highest BCUT2D eigenvalue weighted by atomic mass is 32.1. The Morgan fingerprint density at radius 1 is 1.16 bits per heavy atom. The molecule has 1 aromatic rings. The van der Waals surface area contributed by atoms with Gasteiger partial charge in [-0.2, -0.15) is 0 Å². The quantitative estimate of drug-likeness (QED) is 0.449. The number of ether oxygens (including phenoxy) is 1. The molecule has 2 rings (SSSR count). The van der Waals surface area contributed by atoms with Crippen molar-refractivity contribution < 1.29 is 14.3 Å². The van der Waals surface area contributed by atoms with Crippen molar-refractivity contribution in [3.05, 3.63) is 29.8 Å². The third-order valence-corrected chi connectivity index (χ3v) is 4.06. The Labute approximate surface area is 152 Å². The number of thiocarbonyl (C=S) groups is 1. The van der Waals surface area contributed by atoms with Gasteiger partial charge in [-0.25, -0.2) is 0 Å². The van der Waals surface area contributed by atoms with Crippen LogP contribution in [0, 0.1) is 0 Å². The zero-order chi connectivity index (χ0) is 18.1. The molecule has 4 N–H and O–H groups in total. The van der Waals surface area contributed by atoms with E-state index in [0.717, 1.165) is 12.8 Å². The summed E-state index contributed by atoms with van der Waals surface area (Å²) < 4.78 is 5.32. The molecule has 1 aliphatic carbocycles. The van der Waals surface area contributed by atoms with Crippen LogP contribution in [0.2, 0.25) is 0 Å². The van der Waals surface area contributed by atoms with E-state index in [9.17, 15) is 9.59 Å². The first-order valence-electron chi connectivity index (χ1n) is 8.45. The molecule has 2 amide bonds. The maximum absolute atomic E-state index is 12.0. The van der Waals surface area contributed by atoms with Gasteiger partial charge in [0.15, 0.2) is 5.11 Å². The molecule has 25 heavy (non-hydrogen) atoms. The van der Waals surface area contributed by atoms with Crippen LogP contribution < -0.4 is 26.2 Å². The smallest absolute Gasteiger partial charge is 0.257 e. The fourth-order valence-corrected chi connectivity index (χ4v) is 2.81. The van der Waals surface area contributed by atoms with E-state index < -0.39 is 0 Å². The molecule has 1 saturated carbocycles. The van der Waals surface area contributed by atoms with E-state index >= 15 is 0 Å². The van der Waals surface area contributed by atoms with Gasteiger partial charge in [0.25, 0.3) is 11.8 Å². The Balaban J connectivity index is 1.66. The Morgan fingerprint density at radius 2 is 1.84 bits per heavy atom. The molecule has 0 aliphatic heterocycles. The van der Waals surface area contributed by atoms with E-state index in [1.54, 1.807) is 24.3 Å². The van der Waals surface area contributed by atoms with Crippen molar-refractivity contribution in [3.63, 3.8) is 0 Å². The highest BCUT2D eigenvalue weighted by molar-refractivity contribution is 7.80. The first kappa shape index (κ1) is 19.0. The summed E-state index contributed by atoms with van der Waals surface area (Å²) >= 11 is 5.12. The minimum absolute atomic E-state index is 0.148. The summed E-state index contributed by atoms with van der Waals surface area (Å²) in [6.45, 7) is 2.31. The van der Waals surface area contributed by atoms with Gasteiger partial charge in [-0.1, -0.05) is 12.8 Å². The first-order chi connectivity index (χ1) is 12.1. The fourth-order valence-electron chi connectivity index (χ4n) is 2.59. The maximum Gasteiger partial charge on any atom is 0.257 e. The molecule has 8 heteroatoms. The molecule has 0 atom stereocenters. The van der Waals surface area contributed by atoms with Crippen LogP contribution in [0.1, 0.15) is 43.0 Å². The van der Waals surface area contributed by atoms with Gasteiger partial charge in [0.2, 0.25) is 0 Å². The molecule has 136 valence electrons. The number of benzene rings is 1. The van der Waals surface area contributed by atoms with Crippen molar-refractivity contribution in [3.8, 4) is 5.75 Å². The van der Waals surface area contributed by atoms with Crippen LogP contribution in [0.4, 0.5) is 0 Å². The Bertz CT molecular complexity index is 600. The van der Waals surface area contributed by atoms with Crippen LogP contribution in [-0.2, 0) is 4.79 Å². The first-order valence-corrected chi connectivity index (χ1v) is 8.85. The lowest BCUT2D eigenvalue weighted by atomic mass is 10.2. The van der Waals surface area contributed by atoms with Crippen LogP contribution in [0.15, 0.2) is 24.3 Å². The summed E-state index contributed by atoms with van der Waals surface area (Å²) in [6, 6.07) is 7.10. The predicted octanol–water partition coefficient (Wildman–Crippen LogP) is 1.25. The maximum atomic E-state index is 12.0. The minimum atomic E-state index is -0.380. The molecular formula is C17H24N4O3S. The summed E-state index contributed by atoms with van der Waals surface area (Å²) in [7, 11) is 0. The summed E-state index contributed by atoms with van der Waals surface area (Å²) in [6.07, 6.45) is 4.58. The molecule has 7 nitrogen and oxygen atoms in total. The zero-order valence-electron chi connectivity index (χ0n) is 14.3. The van der Waals surface area contributed by atoms with Gasteiger partial charge in [-0.15, -0.1) is 0 Å². The van der Waals surface area contributed by atoms with Crippen molar-refractivity contribution in [2.24, 2.45) is 0 Å². The molecule has 0 heterocycles. The van der Waals surface area contributed by atoms with Crippen molar-refractivity contribution >= 4 is 29.1 Å². The van der Waals surface area contributed by atoms with Crippen LogP contribution in [0.3, 0.4) is 0 Å². The number of hydrazine groups is 1. The third kappa shape index (κ3) is 6.58. The van der Waals surface area contributed by atoms with Gasteiger partial charge < -0.3 is 15.4 Å². The average Bonchev–Trinajstić information content (AvgIpc) is 3.11. The van der Waals surface area contributed by atoms with E-state index in [2.05, 4.69) is 21.5 Å². The Hall–Kier alpha value is -2.35.